The number of likely N-dealkylation sites (tertiary alicyclic amines) is 1. The third-order valence-corrected chi connectivity index (χ3v) is 5.15. The minimum absolute atomic E-state index is 0.0562. The summed E-state index contributed by atoms with van der Waals surface area (Å²) in [4.78, 5) is 29.6. The fourth-order valence-corrected chi connectivity index (χ4v) is 3.98. The predicted molar refractivity (Wildman–Crippen MR) is 86.9 cm³/mol. The summed E-state index contributed by atoms with van der Waals surface area (Å²) in [5.41, 5.74) is 1.95. The van der Waals surface area contributed by atoms with Crippen molar-refractivity contribution >= 4 is 5.91 Å². The first kappa shape index (κ1) is 15.3. The van der Waals surface area contributed by atoms with Gasteiger partial charge < -0.3 is 9.88 Å². The number of nitrogens with one attached hydrogen (secondary N) is 1. The average Bonchev–Trinajstić information content (AvgIpc) is 2.99. The van der Waals surface area contributed by atoms with E-state index in [0.717, 1.165) is 43.7 Å². The van der Waals surface area contributed by atoms with Crippen LogP contribution in [0.1, 0.15) is 62.3 Å². The Morgan fingerprint density at radius 1 is 1.23 bits per heavy atom. The Morgan fingerprint density at radius 2 is 2.00 bits per heavy atom. The molecule has 1 atom stereocenters. The Kier molecular flexibility index (Phi) is 4.65. The van der Waals surface area contributed by atoms with Crippen molar-refractivity contribution in [1.82, 2.24) is 9.88 Å². The molecule has 0 bridgehead atoms. The average molecular weight is 302 g/mol. The van der Waals surface area contributed by atoms with Crippen LogP contribution in [0, 0.1) is 12.8 Å². The number of hydrogen-bond donors (Lipinski definition) is 1. The van der Waals surface area contributed by atoms with E-state index in [-0.39, 0.29) is 11.3 Å². The highest BCUT2D eigenvalue weighted by Gasteiger charge is 2.27. The Labute approximate surface area is 131 Å². The second-order valence-electron chi connectivity index (χ2n) is 6.99. The van der Waals surface area contributed by atoms with Crippen molar-refractivity contribution < 1.29 is 4.79 Å². The van der Waals surface area contributed by atoms with Gasteiger partial charge in [-0.25, -0.2) is 0 Å². The molecule has 2 heterocycles. The molecular weight excluding hydrogens is 276 g/mol. The summed E-state index contributed by atoms with van der Waals surface area (Å²) in [5, 5.41) is 0. The van der Waals surface area contributed by atoms with Crippen molar-refractivity contribution in [3.05, 3.63) is 33.7 Å². The number of amides is 1. The molecule has 4 heteroatoms. The van der Waals surface area contributed by atoms with Crippen LogP contribution in [-0.2, 0) is 4.79 Å². The normalized spacial score (nSPS) is 23.0. The Bertz CT molecular complexity index is 587. The van der Waals surface area contributed by atoms with Gasteiger partial charge in [-0.15, -0.1) is 0 Å². The van der Waals surface area contributed by atoms with Crippen molar-refractivity contribution in [2.45, 2.75) is 57.8 Å². The van der Waals surface area contributed by atoms with Gasteiger partial charge in [0.05, 0.1) is 0 Å². The van der Waals surface area contributed by atoms with Gasteiger partial charge in [0.25, 0.3) is 0 Å². The van der Waals surface area contributed by atoms with Crippen molar-refractivity contribution in [3.8, 4) is 0 Å². The zero-order valence-electron chi connectivity index (χ0n) is 13.4. The fraction of sp³-hybridized carbons (Fsp3) is 0.667. The predicted octanol–water partition coefficient (Wildman–Crippen LogP) is 2.97. The van der Waals surface area contributed by atoms with Gasteiger partial charge in [-0.3, -0.25) is 9.59 Å². The van der Waals surface area contributed by atoms with Gasteiger partial charge in [0.1, 0.15) is 0 Å². The molecule has 1 amide bonds. The molecule has 1 N–H and O–H groups in total. The van der Waals surface area contributed by atoms with E-state index in [2.05, 4.69) is 4.98 Å². The van der Waals surface area contributed by atoms with Gasteiger partial charge in [0.2, 0.25) is 5.91 Å². The van der Waals surface area contributed by atoms with Crippen LogP contribution >= 0.6 is 0 Å². The molecule has 0 aromatic carbocycles. The van der Waals surface area contributed by atoms with Crippen molar-refractivity contribution in [2.24, 2.45) is 5.92 Å². The highest BCUT2D eigenvalue weighted by Crippen LogP contribution is 2.30. The molecule has 1 aliphatic carbocycles. The van der Waals surface area contributed by atoms with E-state index in [0.29, 0.717) is 11.8 Å². The number of carbonyl (C=O) groups excluding carboxylic acids is 1. The molecule has 22 heavy (non-hydrogen) atoms. The van der Waals surface area contributed by atoms with Crippen LogP contribution in [0.2, 0.25) is 0 Å². The number of piperidine rings is 1. The Morgan fingerprint density at radius 3 is 2.73 bits per heavy atom. The van der Waals surface area contributed by atoms with E-state index >= 15 is 0 Å². The molecule has 120 valence electrons. The number of carbonyl (C=O) groups is 1. The number of pyridine rings is 1. The summed E-state index contributed by atoms with van der Waals surface area (Å²) in [6.45, 7) is 3.54. The van der Waals surface area contributed by atoms with Crippen molar-refractivity contribution in [3.63, 3.8) is 0 Å². The van der Waals surface area contributed by atoms with Crippen molar-refractivity contribution in [2.75, 3.05) is 13.1 Å². The zero-order chi connectivity index (χ0) is 15.5. The standard InChI is InChI=1S/C18H26N2O2/c1-13-9-16(21)11-17(19-13)15-7-4-8-20(12-15)18(22)10-14-5-2-3-6-14/h9,11,14-15H,2-8,10,12H2,1H3,(H,19,21)/t15-/m1/s1. The Hall–Kier alpha value is -1.58. The molecule has 0 unspecified atom stereocenters. The number of nitrogens with zero attached hydrogens (tertiary/aromatic N) is 1. The van der Waals surface area contributed by atoms with Crippen molar-refractivity contribution in [1.29, 1.82) is 0 Å². The minimum atomic E-state index is 0.0562. The molecule has 1 aliphatic heterocycles. The maximum absolute atomic E-state index is 12.5. The fourth-order valence-electron chi connectivity index (χ4n) is 3.98. The summed E-state index contributed by atoms with van der Waals surface area (Å²) >= 11 is 0. The van der Waals surface area contributed by atoms with Crippen LogP contribution in [0.25, 0.3) is 0 Å². The van der Waals surface area contributed by atoms with Crippen LogP contribution in [0.3, 0.4) is 0 Å². The molecule has 1 aromatic rings. The zero-order valence-corrected chi connectivity index (χ0v) is 13.4. The van der Waals surface area contributed by atoms with Gasteiger partial charge in [-0.05, 0) is 38.5 Å². The maximum atomic E-state index is 12.5. The lowest BCUT2D eigenvalue weighted by Crippen LogP contribution is -2.40. The number of H-pyrrole nitrogens is 1. The number of aryl methyl sites for hydroxylation is 1. The second-order valence-corrected chi connectivity index (χ2v) is 6.99. The molecule has 4 nitrogen and oxygen atoms in total. The van der Waals surface area contributed by atoms with Crippen LogP contribution in [0.15, 0.2) is 16.9 Å². The monoisotopic (exact) mass is 302 g/mol. The lowest BCUT2D eigenvalue weighted by atomic mass is 9.93. The number of rotatable bonds is 3. The molecule has 1 saturated heterocycles. The smallest absolute Gasteiger partial charge is 0.222 e. The van der Waals surface area contributed by atoms with Crippen LogP contribution < -0.4 is 5.43 Å². The number of aromatic nitrogens is 1. The lowest BCUT2D eigenvalue weighted by molar-refractivity contribution is -0.133. The SMILES string of the molecule is Cc1cc(=O)cc([C@@H]2CCCN(C(=O)CC3CCCC3)C2)[nH]1. The summed E-state index contributed by atoms with van der Waals surface area (Å²) < 4.78 is 0. The molecule has 2 fully saturated rings. The van der Waals surface area contributed by atoms with Gasteiger partial charge in [0.15, 0.2) is 5.43 Å². The van der Waals surface area contributed by atoms with Crippen LogP contribution in [0.4, 0.5) is 0 Å². The first-order chi connectivity index (χ1) is 10.6. The molecule has 0 radical (unpaired) electrons. The highest BCUT2D eigenvalue weighted by molar-refractivity contribution is 5.76. The molecule has 3 rings (SSSR count). The van der Waals surface area contributed by atoms with E-state index in [1.165, 1.54) is 25.7 Å². The molecule has 2 aliphatic rings. The highest BCUT2D eigenvalue weighted by atomic mass is 16.2. The van der Waals surface area contributed by atoms with E-state index in [9.17, 15) is 9.59 Å². The summed E-state index contributed by atoms with van der Waals surface area (Å²) in [7, 11) is 0. The topological polar surface area (TPSA) is 53.2 Å². The van der Waals surface area contributed by atoms with E-state index in [1.54, 1.807) is 12.1 Å². The summed E-state index contributed by atoms with van der Waals surface area (Å²) in [6.07, 6.45) is 7.79. The molecule has 0 spiro atoms. The minimum Gasteiger partial charge on any atom is -0.362 e. The third-order valence-electron chi connectivity index (χ3n) is 5.15. The maximum Gasteiger partial charge on any atom is 0.222 e. The molecule has 1 saturated carbocycles. The summed E-state index contributed by atoms with van der Waals surface area (Å²) in [5.74, 6) is 1.19. The number of aromatic amines is 1. The number of hydrogen-bond acceptors (Lipinski definition) is 2. The van der Waals surface area contributed by atoms with Gasteiger partial charge in [-0.2, -0.15) is 0 Å². The Balaban J connectivity index is 1.65. The summed E-state index contributed by atoms with van der Waals surface area (Å²) in [6, 6.07) is 3.32. The van der Waals surface area contributed by atoms with E-state index in [1.807, 2.05) is 11.8 Å². The van der Waals surface area contributed by atoms with Gasteiger partial charge in [0, 0.05) is 48.9 Å². The lowest BCUT2D eigenvalue weighted by Gasteiger charge is -2.33. The second kappa shape index (κ2) is 6.67. The quantitative estimate of drug-likeness (QED) is 0.933. The van der Waals surface area contributed by atoms with Gasteiger partial charge >= 0.3 is 0 Å². The third kappa shape index (κ3) is 3.60. The van der Waals surface area contributed by atoms with Gasteiger partial charge in [-0.1, -0.05) is 12.8 Å². The first-order valence-corrected chi connectivity index (χ1v) is 8.60. The molecule has 1 aromatic heterocycles. The first-order valence-electron chi connectivity index (χ1n) is 8.60. The van der Waals surface area contributed by atoms with E-state index in [4.69, 9.17) is 0 Å². The van der Waals surface area contributed by atoms with Crippen LogP contribution in [0.5, 0.6) is 0 Å². The van der Waals surface area contributed by atoms with E-state index < -0.39 is 0 Å². The largest absolute Gasteiger partial charge is 0.362 e. The molecular formula is C18H26N2O2. The van der Waals surface area contributed by atoms with Crippen LogP contribution in [-0.4, -0.2) is 28.9 Å².